The van der Waals surface area contributed by atoms with Crippen molar-refractivity contribution in [2.24, 2.45) is 0 Å². The molecule has 0 bridgehead atoms. The number of fused-ring (bicyclic) bond motifs is 11. The molecule has 0 N–H and O–H groups in total. The molecule has 11 aromatic rings. The van der Waals surface area contributed by atoms with Crippen molar-refractivity contribution >= 4 is 66.5 Å². The van der Waals surface area contributed by atoms with Gasteiger partial charge in [0.1, 0.15) is 0 Å². The smallest absolute Gasteiger partial charge is 0.0125 e. The lowest BCUT2D eigenvalue weighted by atomic mass is 9.86. The second-order valence-electron chi connectivity index (χ2n) is 15.4. The van der Waals surface area contributed by atoms with Crippen molar-refractivity contribution in [2.45, 2.75) is 11.8 Å². The molecular weight excluding hydrogens is 717 g/mol. The fraction of sp³-hybridized carbons (Fsp3) is 0.0175. The van der Waals surface area contributed by atoms with E-state index in [1.165, 1.54) is 115 Å². The van der Waals surface area contributed by atoms with Crippen LogP contribution in [0.1, 0.15) is 5.56 Å². The van der Waals surface area contributed by atoms with Gasteiger partial charge in [0.2, 0.25) is 0 Å². The highest BCUT2D eigenvalue weighted by atomic mass is 32.1. The van der Waals surface area contributed by atoms with Gasteiger partial charge in [0, 0.05) is 10.5 Å². The molecule has 0 aliphatic rings. The van der Waals surface area contributed by atoms with Gasteiger partial charge in [-0.2, -0.15) is 0 Å². The number of thiol groups is 1. The van der Waals surface area contributed by atoms with Crippen LogP contribution < -0.4 is 0 Å². The average molecular weight is 755 g/mol. The summed E-state index contributed by atoms with van der Waals surface area (Å²) in [7, 11) is 0. The standard InChI is InChI=1S/C57H38S/c1-36-12-2-3-15-44(36)55-45(22-11-23-54(55)58)40-30-28-38(29-31-40)37-24-26-39(27-25-37)41-13-10-14-42(34-41)43-32-33-49-48-18-6-8-20-51(48)56-50-19-7-4-16-46(50)47-17-5-9-21-52(47)57(56)53(49)35-43/h2-35,58H,1H3. The van der Waals surface area contributed by atoms with Gasteiger partial charge in [-0.05, 0) is 135 Å². The van der Waals surface area contributed by atoms with E-state index >= 15 is 0 Å². The Morgan fingerprint density at radius 3 is 1.26 bits per heavy atom. The molecule has 1 heteroatoms. The third-order valence-electron chi connectivity index (χ3n) is 12.1. The topological polar surface area (TPSA) is 0 Å². The quantitative estimate of drug-likeness (QED) is 0.131. The van der Waals surface area contributed by atoms with Crippen molar-refractivity contribution < 1.29 is 0 Å². The van der Waals surface area contributed by atoms with E-state index in [1.54, 1.807) is 0 Å². The predicted octanol–water partition coefficient (Wildman–Crippen LogP) is 16.4. The highest BCUT2D eigenvalue weighted by molar-refractivity contribution is 7.80. The third kappa shape index (κ3) is 5.62. The van der Waals surface area contributed by atoms with E-state index in [0.717, 1.165) is 4.90 Å². The van der Waals surface area contributed by atoms with Gasteiger partial charge in [0.05, 0.1) is 0 Å². The molecule has 58 heavy (non-hydrogen) atoms. The van der Waals surface area contributed by atoms with Gasteiger partial charge in [-0.25, -0.2) is 0 Å². The summed E-state index contributed by atoms with van der Waals surface area (Å²) in [5.74, 6) is 0. The first-order chi connectivity index (χ1) is 28.6. The molecule has 272 valence electrons. The van der Waals surface area contributed by atoms with E-state index in [0.29, 0.717) is 0 Å². The molecule has 0 aliphatic carbocycles. The van der Waals surface area contributed by atoms with E-state index in [9.17, 15) is 0 Å². The maximum atomic E-state index is 4.88. The number of rotatable bonds is 5. The SMILES string of the molecule is Cc1ccccc1-c1c(S)cccc1-c1ccc(-c2ccc(-c3cccc(-c4ccc5c6ccccc6c6c7ccccc7c7ccccc7c6c5c4)c3)cc2)cc1. The van der Waals surface area contributed by atoms with Gasteiger partial charge in [-0.1, -0.05) is 188 Å². The van der Waals surface area contributed by atoms with Crippen LogP contribution in [-0.4, -0.2) is 0 Å². The Hall–Kier alpha value is -6.93. The van der Waals surface area contributed by atoms with Crippen LogP contribution in [0.15, 0.2) is 211 Å². The van der Waals surface area contributed by atoms with E-state index in [1.807, 2.05) is 0 Å². The molecule has 0 amide bonds. The van der Waals surface area contributed by atoms with Crippen molar-refractivity contribution in [3.63, 3.8) is 0 Å². The van der Waals surface area contributed by atoms with Gasteiger partial charge in [0.25, 0.3) is 0 Å². The Balaban J connectivity index is 0.962. The number of aryl methyl sites for hydroxylation is 1. The van der Waals surface area contributed by atoms with Crippen molar-refractivity contribution in [3.05, 3.63) is 212 Å². The minimum atomic E-state index is 0.987. The van der Waals surface area contributed by atoms with Gasteiger partial charge in [-0.15, -0.1) is 12.6 Å². The summed E-state index contributed by atoms with van der Waals surface area (Å²) in [6.45, 7) is 2.16. The molecule has 0 saturated carbocycles. The molecule has 11 rings (SSSR count). The fourth-order valence-corrected chi connectivity index (χ4v) is 9.62. The molecule has 0 heterocycles. The summed E-state index contributed by atoms with van der Waals surface area (Å²) in [6.07, 6.45) is 0. The molecule has 0 fully saturated rings. The third-order valence-corrected chi connectivity index (χ3v) is 12.5. The number of hydrogen-bond donors (Lipinski definition) is 1. The zero-order chi connectivity index (χ0) is 38.7. The molecule has 0 unspecified atom stereocenters. The van der Waals surface area contributed by atoms with Crippen LogP contribution in [0, 0.1) is 6.92 Å². The molecule has 0 spiro atoms. The Morgan fingerprint density at radius 1 is 0.276 bits per heavy atom. The van der Waals surface area contributed by atoms with Crippen LogP contribution in [-0.2, 0) is 0 Å². The second kappa shape index (κ2) is 13.9. The summed E-state index contributed by atoms with van der Waals surface area (Å²) >= 11 is 4.88. The van der Waals surface area contributed by atoms with Gasteiger partial charge < -0.3 is 0 Å². The first-order valence-electron chi connectivity index (χ1n) is 20.0. The van der Waals surface area contributed by atoms with Crippen LogP contribution in [0.5, 0.6) is 0 Å². The Bertz CT molecular complexity index is 3370. The van der Waals surface area contributed by atoms with Gasteiger partial charge in [-0.3, -0.25) is 0 Å². The van der Waals surface area contributed by atoms with Crippen molar-refractivity contribution in [1.29, 1.82) is 0 Å². The van der Waals surface area contributed by atoms with Crippen LogP contribution in [0.4, 0.5) is 0 Å². The van der Waals surface area contributed by atoms with Crippen LogP contribution in [0.3, 0.4) is 0 Å². The van der Waals surface area contributed by atoms with E-state index < -0.39 is 0 Å². The number of benzene rings is 11. The van der Waals surface area contributed by atoms with Crippen LogP contribution in [0.2, 0.25) is 0 Å². The molecule has 0 saturated heterocycles. The molecular formula is C57H38S. The summed E-state index contributed by atoms with van der Waals surface area (Å²) < 4.78 is 0. The first-order valence-corrected chi connectivity index (χ1v) is 20.4. The van der Waals surface area contributed by atoms with E-state index in [-0.39, 0.29) is 0 Å². The van der Waals surface area contributed by atoms with E-state index in [4.69, 9.17) is 12.6 Å². The Morgan fingerprint density at radius 2 is 0.672 bits per heavy atom. The summed E-state index contributed by atoms with van der Waals surface area (Å²) in [6, 6.07) is 75.6. The summed E-state index contributed by atoms with van der Waals surface area (Å²) in [5, 5.41) is 13.0. The van der Waals surface area contributed by atoms with Crippen molar-refractivity contribution in [2.75, 3.05) is 0 Å². The Kier molecular flexibility index (Phi) is 8.24. The zero-order valence-corrected chi connectivity index (χ0v) is 33.0. The molecule has 0 radical (unpaired) electrons. The predicted molar refractivity (Wildman–Crippen MR) is 253 cm³/mol. The highest BCUT2D eigenvalue weighted by Crippen LogP contribution is 2.45. The summed E-state index contributed by atoms with van der Waals surface area (Å²) in [5.41, 5.74) is 13.2. The Labute approximate surface area is 344 Å². The van der Waals surface area contributed by atoms with Crippen molar-refractivity contribution in [1.82, 2.24) is 0 Å². The molecule has 11 aromatic carbocycles. The average Bonchev–Trinajstić information content (AvgIpc) is 3.29. The fourth-order valence-electron chi connectivity index (χ4n) is 9.30. The molecule has 0 aromatic heterocycles. The maximum absolute atomic E-state index is 4.88. The molecule has 0 nitrogen and oxygen atoms in total. The largest absolute Gasteiger partial charge is 0.143 e. The second-order valence-corrected chi connectivity index (χ2v) is 15.9. The van der Waals surface area contributed by atoms with Crippen LogP contribution >= 0.6 is 12.6 Å². The summed E-state index contributed by atoms with van der Waals surface area (Å²) in [4.78, 5) is 0.987. The first kappa shape index (κ1) is 34.3. The molecule has 0 atom stereocenters. The molecule has 0 aliphatic heterocycles. The highest BCUT2D eigenvalue weighted by Gasteiger charge is 2.17. The van der Waals surface area contributed by atoms with Gasteiger partial charge in [0.15, 0.2) is 0 Å². The van der Waals surface area contributed by atoms with Gasteiger partial charge >= 0.3 is 0 Å². The van der Waals surface area contributed by atoms with Crippen LogP contribution in [0.25, 0.3) is 109 Å². The lowest BCUT2D eigenvalue weighted by Gasteiger charge is -2.17. The minimum absolute atomic E-state index is 0.987. The monoisotopic (exact) mass is 754 g/mol. The number of hydrogen-bond acceptors (Lipinski definition) is 1. The zero-order valence-electron chi connectivity index (χ0n) is 32.1. The minimum Gasteiger partial charge on any atom is -0.143 e. The lowest BCUT2D eigenvalue weighted by molar-refractivity contribution is 1.40. The normalized spacial score (nSPS) is 11.6. The van der Waals surface area contributed by atoms with Crippen molar-refractivity contribution in [3.8, 4) is 55.6 Å². The van der Waals surface area contributed by atoms with E-state index in [2.05, 4.69) is 213 Å². The maximum Gasteiger partial charge on any atom is 0.0125 e. The lowest BCUT2D eigenvalue weighted by Crippen LogP contribution is -1.90.